The summed E-state index contributed by atoms with van der Waals surface area (Å²) in [5.74, 6) is 0. The van der Waals surface area contributed by atoms with E-state index >= 15 is 0 Å². The lowest BCUT2D eigenvalue weighted by Crippen LogP contribution is -2.42. The van der Waals surface area contributed by atoms with Gasteiger partial charge in [-0.25, -0.2) is 4.79 Å². The first-order valence-corrected chi connectivity index (χ1v) is 8.56. The van der Waals surface area contributed by atoms with Crippen molar-refractivity contribution >= 4 is 11.8 Å². The summed E-state index contributed by atoms with van der Waals surface area (Å²) in [7, 11) is 0. The number of alkyl carbamates (subject to hydrolysis) is 1. The van der Waals surface area contributed by atoms with Gasteiger partial charge in [0.15, 0.2) is 0 Å². The Hall–Kier alpha value is -1.71. The van der Waals surface area contributed by atoms with Gasteiger partial charge in [0.05, 0.1) is 0 Å². The van der Waals surface area contributed by atoms with Gasteiger partial charge >= 0.3 is 6.09 Å². The lowest BCUT2D eigenvalue weighted by Gasteiger charge is -2.31. The molecule has 0 spiro atoms. The molecule has 1 aromatic carbocycles. The Morgan fingerprint density at radius 1 is 1.09 bits per heavy atom. The molecule has 1 fully saturated rings. The smallest absolute Gasteiger partial charge is 0.407 e. The van der Waals surface area contributed by atoms with Crippen LogP contribution in [0.15, 0.2) is 18.2 Å². The zero-order chi connectivity index (χ0) is 17.0. The summed E-state index contributed by atoms with van der Waals surface area (Å²) >= 11 is 0. The topological polar surface area (TPSA) is 50.4 Å². The maximum Gasteiger partial charge on any atom is 0.407 e. The number of carbonyl (C=O) groups excluding carboxylic acids is 1. The first kappa shape index (κ1) is 17.6. The number of hydrogen-bond acceptors (Lipinski definition) is 3. The number of amides is 1. The molecule has 0 atom stereocenters. The third-order valence-corrected chi connectivity index (χ3v) is 4.20. The number of anilines is 1. The summed E-state index contributed by atoms with van der Waals surface area (Å²) in [6, 6.07) is 7.21. The molecule has 1 saturated carbocycles. The molecule has 4 heteroatoms. The molecule has 1 amide bonds. The number of hydrogen-bond donors (Lipinski definition) is 2. The van der Waals surface area contributed by atoms with Gasteiger partial charge in [-0.1, -0.05) is 12.1 Å². The summed E-state index contributed by atoms with van der Waals surface area (Å²) in [5, 5.41) is 6.65. The van der Waals surface area contributed by atoms with Crippen molar-refractivity contribution in [1.29, 1.82) is 0 Å². The number of aryl methyl sites for hydroxylation is 2. The van der Waals surface area contributed by atoms with Crippen LogP contribution in [0.3, 0.4) is 0 Å². The van der Waals surface area contributed by atoms with Gasteiger partial charge in [-0.05, 0) is 77.5 Å². The van der Waals surface area contributed by atoms with Gasteiger partial charge in [-0.3, -0.25) is 0 Å². The van der Waals surface area contributed by atoms with E-state index in [2.05, 4.69) is 42.7 Å². The third kappa shape index (κ3) is 5.77. The number of rotatable bonds is 3. The zero-order valence-corrected chi connectivity index (χ0v) is 15.0. The first-order valence-electron chi connectivity index (χ1n) is 8.56. The highest BCUT2D eigenvalue weighted by molar-refractivity contribution is 5.68. The minimum Gasteiger partial charge on any atom is -0.444 e. The van der Waals surface area contributed by atoms with Crippen LogP contribution in [0.4, 0.5) is 10.5 Å². The van der Waals surface area contributed by atoms with Crippen molar-refractivity contribution in [3.05, 3.63) is 29.3 Å². The van der Waals surface area contributed by atoms with Crippen molar-refractivity contribution in [3.63, 3.8) is 0 Å². The average molecular weight is 318 g/mol. The molecule has 0 saturated heterocycles. The minimum absolute atomic E-state index is 0.224. The van der Waals surface area contributed by atoms with Gasteiger partial charge in [-0.15, -0.1) is 0 Å². The van der Waals surface area contributed by atoms with Crippen LogP contribution < -0.4 is 10.6 Å². The van der Waals surface area contributed by atoms with Crippen molar-refractivity contribution in [2.45, 2.75) is 78.0 Å². The highest BCUT2D eigenvalue weighted by Crippen LogP contribution is 2.25. The standard InChI is InChI=1S/C19H30N2O2/c1-13-6-7-14(2)17(12-13)20-15-8-10-16(11-9-15)21-18(22)23-19(3,4)5/h6-7,12,15-16,20H,8-11H2,1-5H3,(H,21,22). The van der Waals surface area contributed by atoms with Crippen molar-refractivity contribution in [2.24, 2.45) is 0 Å². The first-order chi connectivity index (χ1) is 10.7. The second-order valence-corrected chi connectivity index (χ2v) is 7.66. The second kappa shape index (κ2) is 7.24. The molecule has 1 aliphatic carbocycles. The maximum atomic E-state index is 11.8. The van der Waals surface area contributed by atoms with Crippen LogP contribution in [0.1, 0.15) is 57.6 Å². The van der Waals surface area contributed by atoms with Crippen LogP contribution in [0.25, 0.3) is 0 Å². The van der Waals surface area contributed by atoms with Gasteiger partial charge in [0.2, 0.25) is 0 Å². The Labute approximate surface area is 140 Å². The van der Waals surface area contributed by atoms with E-state index < -0.39 is 5.60 Å². The van der Waals surface area contributed by atoms with Gasteiger partial charge in [0.1, 0.15) is 5.60 Å². The van der Waals surface area contributed by atoms with Crippen LogP contribution in [-0.2, 0) is 4.74 Å². The van der Waals surface area contributed by atoms with E-state index in [1.807, 2.05) is 20.8 Å². The van der Waals surface area contributed by atoms with Crippen molar-refractivity contribution in [2.75, 3.05) is 5.32 Å². The van der Waals surface area contributed by atoms with Gasteiger partial charge in [0, 0.05) is 17.8 Å². The maximum absolute atomic E-state index is 11.8. The summed E-state index contributed by atoms with van der Waals surface area (Å²) in [6.07, 6.45) is 3.80. The van der Waals surface area contributed by atoms with Crippen molar-refractivity contribution < 1.29 is 9.53 Å². The van der Waals surface area contributed by atoms with Crippen LogP contribution in [0.2, 0.25) is 0 Å². The largest absolute Gasteiger partial charge is 0.444 e. The fraction of sp³-hybridized carbons (Fsp3) is 0.632. The van der Waals surface area contributed by atoms with E-state index in [4.69, 9.17) is 4.74 Å². The summed E-state index contributed by atoms with van der Waals surface area (Å²) in [4.78, 5) is 11.8. The molecule has 2 N–H and O–H groups in total. The minimum atomic E-state index is -0.439. The number of nitrogens with one attached hydrogen (secondary N) is 2. The zero-order valence-electron chi connectivity index (χ0n) is 15.0. The Morgan fingerprint density at radius 2 is 1.70 bits per heavy atom. The molecule has 2 rings (SSSR count). The van der Waals surface area contributed by atoms with Crippen LogP contribution in [0.5, 0.6) is 0 Å². The van der Waals surface area contributed by atoms with Crippen LogP contribution in [-0.4, -0.2) is 23.8 Å². The molecule has 0 aliphatic heterocycles. The van der Waals surface area contributed by atoms with Crippen molar-refractivity contribution in [1.82, 2.24) is 5.32 Å². The normalized spacial score (nSPS) is 21.6. The second-order valence-electron chi connectivity index (χ2n) is 7.66. The van der Waals surface area contributed by atoms with Crippen LogP contribution >= 0.6 is 0 Å². The monoisotopic (exact) mass is 318 g/mol. The molecule has 1 aliphatic rings. The Kier molecular flexibility index (Phi) is 5.55. The molecule has 0 heterocycles. The van der Waals surface area contributed by atoms with E-state index in [1.165, 1.54) is 16.8 Å². The number of carbonyl (C=O) groups is 1. The fourth-order valence-corrected chi connectivity index (χ4v) is 2.97. The lowest BCUT2D eigenvalue weighted by molar-refractivity contribution is 0.0492. The highest BCUT2D eigenvalue weighted by Gasteiger charge is 2.24. The Morgan fingerprint density at radius 3 is 2.30 bits per heavy atom. The summed E-state index contributed by atoms with van der Waals surface area (Å²) in [6.45, 7) is 9.91. The van der Waals surface area contributed by atoms with E-state index in [9.17, 15) is 4.79 Å². The van der Waals surface area contributed by atoms with E-state index in [-0.39, 0.29) is 12.1 Å². The molecule has 0 unspecified atom stereocenters. The predicted octanol–water partition coefficient (Wildman–Crippen LogP) is 4.55. The molecule has 0 aromatic heterocycles. The van der Waals surface area contributed by atoms with E-state index in [0.717, 1.165) is 25.7 Å². The Bertz CT molecular complexity index is 541. The molecule has 1 aromatic rings. The molecule has 4 nitrogen and oxygen atoms in total. The quantitative estimate of drug-likeness (QED) is 0.859. The lowest BCUT2D eigenvalue weighted by atomic mass is 9.91. The Balaban J connectivity index is 1.80. The molecule has 0 radical (unpaired) electrons. The van der Waals surface area contributed by atoms with Crippen molar-refractivity contribution in [3.8, 4) is 0 Å². The molecule has 128 valence electrons. The van der Waals surface area contributed by atoms with Crippen LogP contribution in [0, 0.1) is 13.8 Å². The fourth-order valence-electron chi connectivity index (χ4n) is 2.97. The van der Waals surface area contributed by atoms with Gasteiger partial charge in [-0.2, -0.15) is 0 Å². The molecular weight excluding hydrogens is 288 g/mol. The summed E-state index contributed by atoms with van der Waals surface area (Å²) < 4.78 is 5.33. The van der Waals surface area contributed by atoms with E-state index in [1.54, 1.807) is 0 Å². The van der Waals surface area contributed by atoms with Gasteiger partial charge in [0.25, 0.3) is 0 Å². The summed E-state index contributed by atoms with van der Waals surface area (Å²) in [5.41, 5.74) is 3.35. The van der Waals surface area contributed by atoms with Gasteiger partial charge < -0.3 is 15.4 Å². The molecular formula is C19H30N2O2. The number of ether oxygens (including phenoxy) is 1. The molecule has 23 heavy (non-hydrogen) atoms. The molecule has 0 bridgehead atoms. The SMILES string of the molecule is Cc1ccc(C)c(NC2CCC(NC(=O)OC(C)(C)C)CC2)c1. The van der Waals surface area contributed by atoms with E-state index in [0.29, 0.717) is 6.04 Å². The average Bonchev–Trinajstić information content (AvgIpc) is 2.43. The number of benzene rings is 1. The highest BCUT2D eigenvalue weighted by atomic mass is 16.6. The third-order valence-electron chi connectivity index (χ3n) is 4.20. The predicted molar refractivity (Wildman–Crippen MR) is 95.0 cm³/mol.